The van der Waals surface area contributed by atoms with Crippen LogP contribution in [0.3, 0.4) is 0 Å². The quantitative estimate of drug-likeness (QED) is 0.334. The summed E-state index contributed by atoms with van der Waals surface area (Å²) in [5.74, 6) is 0.757. The van der Waals surface area contributed by atoms with E-state index < -0.39 is 0 Å². The Balaban J connectivity index is 1.98. The first-order valence-corrected chi connectivity index (χ1v) is 9.80. The summed E-state index contributed by atoms with van der Waals surface area (Å²) in [6.07, 6.45) is 16.7. The highest BCUT2D eigenvalue weighted by Gasteiger charge is 1.99. The van der Waals surface area contributed by atoms with Crippen LogP contribution in [0, 0.1) is 5.92 Å². The van der Waals surface area contributed by atoms with Crippen LogP contribution in [0.5, 0.6) is 0 Å². The van der Waals surface area contributed by atoms with Gasteiger partial charge in [-0.05, 0) is 36.3 Å². The van der Waals surface area contributed by atoms with Gasteiger partial charge in [0.05, 0.1) is 0 Å². The van der Waals surface area contributed by atoms with Crippen LogP contribution in [0.4, 0.5) is 0 Å². The molecule has 22 heavy (non-hydrogen) atoms. The molecule has 0 spiro atoms. The summed E-state index contributed by atoms with van der Waals surface area (Å²) < 4.78 is 0. The van der Waals surface area contributed by atoms with Crippen molar-refractivity contribution >= 4 is 0 Å². The number of benzene rings is 1. The second-order valence-corrected chi connectivity index (χ2v) is 7.35. The van der Waals surface area contributed by atoms with Crippen LogP contribution in [-0.2, 0) is 12.8 Å². The van der Waals surface area contributed by atoms with Crippen molar-refractivity contribution in [2.75, 3.05) is 0 Å². The van der Waals surface area contributed by atoms with Crippen molar-refractivity contribution in [3.63, 3.8) is 0 Å². The number of aryl methyl sites for hydroxylation is 1. The molecule has 0 aliphatic rings. The summed E-state index contributed by atoms with van der Waals surface area (Å²) in [6.45, 7) is 6.87. The Kier molecular flexibility index (Phi) is 11.2. The molecule has 0 N–H and O–H groups in total. The zero-order valence-electron chi connectivity index (χ0n) is 15.4. The number of rotatable bonds is 13. The lowest BCUT2D eigenvalue weighted by Gasteiger charge is -2.07. The first-order valence-electron chi connectivity index (χ1n) is 9.80. The van der Waals surface area contributed by atoms with Crippen molar-refractivity contribution in [3.8, 4) is 0 Å². The number of unbranched alkanes of at least 4 members (excludes halogenated alkanes) is 9. The molecule has 1 aromatic carbocycles. The van der Waals surface area contributed by atoms with E-state index >= 15 is 0 Å². The third-order valence-electron chi connectivity index (χ3n) is 4.49. The average molecular weight is 303 g/mol. The predicted octanol–water partition coefficient (Wildman–Crippen LogP) is 7.35. The third-order valence-corrected chi connectivity index (χ3v) is 4.49. The van der Waals surface area contributed by atoms with Crippen LogP contribution in [0.1, 0.15) is 96.1 Å². The molecule has 0 radical (unpaired) electrons. The molecule has 0 saturated heterocycles. The highest BCUT2D eigenvalue weighted by Crippen LogP contribution is 2.14. The molecule has 0 aliphatic carbocycles. The molecule has 0 atom stereocenters. The normalized spacial score (nSPS) is 11.3. The Bertz CT molecular complexity index is 347. The van der Waals surface area contributed by atoms with E-state index in [0.29, 0.717) is 0 Å². The Morgan fingerprint density at radius 2 is 1.09 bits per heavy atom. The van der Waals surface area contributed by atoms with Gasteiger partial charge in [-0.25, -0.2) is 0 Å². The van der Waals surface area contributed by atoms with Crippen LogP contribution >= 0.6 is 0 Å². The zero-order chi connectivity index (χ0) is 16.0. The van der Waals surface area contributed by atoms with E-state index in [9.17, 15) is 0 Å². The summed E-state index contributed by atoms with van der Waals surface area (Å²) >= 11 is 0. The molecule has 0 aromatic heterocycles. The minimum atomic E-state index is 0.757. The molecule has 1 rings (SSSR count). The Hall–Kier alpha value is -0.780. The molecule has 0 heterocycles. The largest absolute Gasteiger partial charge is 0.0654 e. The van der Waals surface area contributed by atoms with Gasteiger partial charge in [0.25, 0.3) is 0 Å². The van der Waals surface area contributed by atoms with Crippen molar-refractivity contribution in [1.82, 2.24) is 0 Å². The van der Waals surface area contributed by atoms with E-state index in [0.717, 1.165) is 5.92 Å². The predicted molar refractivity (Wildman–Crippen MR) is 101 cm³/mol. The minimum absolute atomic E-state index is 0.757. The standard InChI is InChI=1S/C22H38/c1-4-5-6-7-8-9-10-11-12-13-14-21-15-17-22(18-16-21)19-20(2)3/h15-18,20H,4-14,19H2,1-3H3. The number of hydrogen-bond acceptors (Lipinski definition) is 0. The maximum absolute atomic E-state index is 2.34. The van der Waals surface area contributed by atoms with Crippen LogP contribution in [0.25, 0.3) is 0 Å². The fraction of sp³-hybridized carbons (Fsp3) is 0.727. The topological polar surface area (TPSA) is 0 Å². The smallest absolute Gasteiger partial charge is 0.0256 e. The maximum Gasteiger partial charge on any atom is -0.0256 e. The molecule has 0 bridgehead atoms. The summed E-state index contributed by atoms with van der Waals surface area (Å²) in [5, 5.41) is 0. The van der Waals surface area contributed by atoms with Crippen molar-refractivity contribution in [1.29, 1.82) is 0 Å². The molecule has 0 amide bonds. The van der Waals surface area contributed by atoms with E-state index in [-0.39, 0.29) is 0 Å². The maximum atomic E-state index is 2.34. The summed E-state index contributed by atoms with van der Waals surface area (Å²) in [4.78, 5) is 0. The minimum Gasteiger partial charge on any atom is -0.0654 e. The summed E-state index contributed by atoms with van der Waals surface area (Å²) in [6, 6.07) is 9.33. The van der Waals surface area contributed by atoms with Crippen molar-refractivity contribution in [2.45, 2.75) is 97.8 Å². The molecule has 126 valence electrons. The van der Waals surface area contributed by atoms with Crippen molar-refractivity contribution < 1.29 is 0 Å². The van der Waals surface area contributed by atoms with Crippen LogP contribution < -0.4 is 0 Å². The van der Waals surface area contributed by atoms with Crippen LogP contribution in [0.2, 0.25) is 0 Å². The van der Waals surface area contributed by atoms with Crippen molar-refractivity contribution in [2.24, 2.45) is 5.92 Å². The second kappa shape index (κ2) is 12.7. The van der Waals surface area contributed by atoms with E-state index in [1.807, 2.05) is 0 Å². The van der Waals surface area contributed by atoms with Gasteiger partial charge in [-0.3, -0.25) is 0 Å². The SMILES string of the molecule is CCCCCCCCCCCCc1ccc(CC(C)C)cc1. The summed E-state index contributed by atoms with van der Waals surface area (Å²) in [7, 11) is 0. The highest BCUT2D eigenvalue weighted by molar-refractivity contribution is 5.22. The summed E-state index contributed by atoms with van der Waals surface area (Å²) in [5.41, 5.74) is 3.01. The van der Waals surface area contributed by atoms with Crippen LogP contribution in [0.15, 0.2) is 24.3 Å². The van der Waals surface area contributed by atoms with Gasteiger partial charge in [0.2, 0.25) is 0 Å². The van der Waals surface area contributed by atoms with Crippen LogP contribution in [-0.4, -0.2) is 0 Å². The third kappa shape index (κ3) is 10.0. The lowest BCUT2D eigenvalue weighted by Crippen LogP contribution is -1.94. The molecule has 0 saturated carbocycles. The van der Waals surface area contributed by atoms with Gasteiger partial charge in [-0.15, -0.1) is 0 Å². The van der Waals surface area contributed by atoms with Gasteiger partial charge in [0.1, 0.15) is 0 Å². The fourth-order valence-electron chi connectivity index (χ4n) is 3.13. The average Bonchev–Trinajstić information content (AvgIpc) is 2.50. The second-order valence-electron chi connectivity index (χ2n) is 7.35. The molecule has 0 fully saturated rings. The van der Waals surface area contributed by atoms with E-state index in [4.69, 9.17) is 0 Å². The lowest BCUT2D eigenvalue weighted by atomic mass is 9.99. The first-order chi connectivity index (χ1) is 10.7. The zero-order valence-corrected chi connectivity index (χ0v) is 15.4. The molecule has 0 heteroatoms. The van der Waals surface area contributed by atoms with E-state index in [1.54, 1.807) is 0 Å². The van der Waals surface area contributed by atoms with Gasteiger partial charge < -0.3 is 0 Å². The van der Waals surface area contributed by atoms with Gasteiger partial charge >= 0.3 is 0 Å². The molecule has 0 aliphatic heterocycles. The van der Waals surface area contributed by atoms with Gasteiger partial charge in [-0.2, -0.15) is 0 Å². The molecule has 1 aromatic rings. The molecule has 0 unspecified atom stereocenters. The Labute approximate surface area is 139 Å². The first kappa shape index (κ1) is 19.3. The fourth-order valence-corrected chi connectivity index (χ4v) is 3.13. The molecule has 0 nitrogen and oxygen atoms in total. The Morgan fingerprint density at radius 1 is 0.636 bits per heavy atom. The molecular formula is C22H38. The van der Waals surface area contributed by atoms with Gasteiger partial charge in [-0.1, -0.05) is 103 Å². The Morgan fingerprint density at radius 3 is 1.59 bits per heavy atom. The highest BCUT2D eigenvalue weighted by atomic mass is 14.0. The number of hydrogen-bond donors (Lipinski definition) is 0. The lowest BCUT2D eigenvalue weighted by molar-refractivity contribution is 0.556. The van der Waals surface area contributed by atoms with E-state index in [2.05, 4.69) is 45.0 Å². The molecular weight excluding hydrogens is 264 g/mol. The van der Waals surface area contributed by atoms with Gasteiger partial charge in [0, 0.05) is 0 Å². The van der Waals surface area contributed by atoms with Crippen molar-refractivity contribution in [3.05, 3.63) is 35.4 Å². The van der Waals surface area contributed by atoms with E-state index in [1.165, 1.54) is 88.2 Å². The van der Waals surface area contributed by atoms with Gasteiger partial charge in [0.15, 0.2) is 0 Å². The monoisotopic (exact) mass is 302 g/mol.